The summed E-state index contributed by atoms with van der Waals surface area (Å²) in [6.45, 7) is 0. The smallest absolute Gasteiger partial charge is 0.210 e. The molecule has 0 atom stereocenters. The average Bonchev–Trinajstić information content (AvgIpc) is 3.05. The number of aromatic nitrogens is 2. The number of nitrogens with one attached hydrogen (secondary N) is 1. The number of halogens is 1. The largest absolute Gasteiger partial charge is 0.501 e. The van der Waals surface area contributed by atoms with Crippen molar-refractivity contribution in [3.63, 3.8) is 0 Å². The van der Waals surface area contributed by atoms with Crippen molar-refractivity contribution in [1.82, 2.24) is 9.97 Å². The van der Waals surface area contributed by atoms with Crippen LogP contribution >= 0.6 is 0 Å². The van der Waals surface area contributed by atoms with Crippen molar-refractivity contribution >= 4 is 11.4 Å². The number of imidazole rings is 1. The molecule has 5 heteroatoms. The predicted octanol–water partition coefficient (Wildman–Crippen LogP) is 3.49. The van der Waals surface area contributed by atoms with E-state index in [1.807, 2.05) is 12.2 Å². The number of ketones is 1. The number of hydrogen-bond donors (Lipinski definition) is 1. The minimum atomic E-state index is -0.366. The Kier molecular flexibility index (Phi) is 3.87. The van der Waals surface area contributed by atoms with Crippen LogP contribution in [0.4, 0.5) is 4.39 Å². The molecule has 1 heterocycles. The van der Waals surface area contributed by atoms with Crippen LogP contribution in [-0.4, -0.2) is 22.9 Å². The van der Waals surface area contributed by atoms with Crippen molar-refractivity contribution in [2.75, 3.05) is 7.11 Å². The highest BCUT2D eigenvalue weighted by atomic mass is 19.1. The van der Waals surface area contributed by atoms with Gasteiger partial charge in [0.15, 0.2) is 0 Å². The van der Waals surface area contributed by atoms with Gasteiger partial charge < -0.3 is 9.72 Å². The molecule has 0 radical (unpaired) electrons. The summed E-state index contributed by atoms with van der Waals surface area (Å²) in [4.78, 5) is 19.6. The summed E-state index contributed by atoms with van der Waals surface area (Å²) in [5, 5.41) is 0. The monoisotopic (exact) mass is 298 g/mol. The molecular formula is C17H15FN2O2. The normalized spacial score (nSPS) is 14.3. The molecule has 22 heavy (non-hydrogen) atoms. The lowest BCUT2D eigenvalue weighted by atomic mass is 10.0. The van der Waals surface area contributed by atoms with Crippen molar-refractivity contribution < 1.29 is 13.9 Å². The third-order valence-corrected chi connectivity index (χ3v) is 3.60. The molecule has 0 saturated carbocycles. The van der Waals surface area contributed by atoms with Gasteiger partial charge in [0.25, 0.3) is 0 Å². The van der Waals surface area contributed by atoms with Crippen LogP contribution in [-0.2, 0) is 4.74 Å². The third kappa shape index (κ3) is 2.83. The first-order chi connectivity index (χ1) is 10.7. The SMILES string of the molecule is COC1=CC=C(c2ncc(C(=O)c3ccc(F)cc3)[nH]2)CC1. The minimum Gasteiger partial charge on any atom is -0.501 e. The molecule has 0 unspecified atom stereocenters. The van der Waals surface area contributed by atoms with Gasteiger partial charge >= 0.3 is 0 Å². The predicted molar refractivity (Wildman–Crippen MR) is 80.7 cm³/mol. The van der Waals surface area contributed by atoms with E-state index in [1.165, 1.54) is 30.5 Å². The van der Waals surface area contributed by atoms with E-state index in [1.54, 1.807) is 7.11 Å². The quantitative estimate of drug-likeness (QED) is 0.879. The van der Waals surface area contributed by atoms with Crippen molar-refractivity contribution in [1.29, 1.82) is 0 Å². The van der Waals surface area contributed by atoms with E-state index in [0.29, 0.717) is 17.1 Å². The van der Waals surface area contributed by atoms with Gasteiger partial charge in [-0.25, -0.2) is 9.37 Å². The second-order valence-electron chi connectivity index (χ2n) is 5.01. The van der Waals surface area contributed by atoms with Gasteiger partial charge in [0.1, 0.15) is 17.3 Å². The highest BCUT2D eigenvalue weighted by Gasteiger charge is 2.15. The first kappa shape index (κ1) is 14.3. The Bertz CT molecular complexity index is 757. The number of carbonyl (C=O) groups excluding carboxylic acids is 1. The summed E-state index contributed by atoms with van der Waals surface area (Å²) in [6, 6.07) is 5.47. The maximum Gasteiger partial charge on any atom is 0.210 e. The zero-order valence-electron chi connectivity index (χ0n) is 12.1. The molecule has 1 aliphatic rings. The molecule has 0 spiro atoms. The van der Waals surface area contributed by atoms with Gasteiger partial charge in [0, 0.05) is 12.0 Å². The van der Waals surface area contributed by atoms with Gasteiger partial charge in [-0.1, -0.05) is 6.08 Å². The van der Waals surface area contributed by atoms with Crippen LogP contribution in [0.1, 0.15) is 34.7 Å². The number of ether oxygens (including phenoxy) is 1. The van der Waals surface area contributed by atoms with Crippen LogP contribution < -0.4 is 0 Å². The number of aromatic amines is 1. The molecule has 1 N–H and O–H groups in total. The lowest BCUT2D eigenvalue weighted by molar-refractivity contribution is 0.103. The van der Waals surface area contributed by atoms with Crippen molar-refractivity contribution in [2.24, 2.45) is 0 Å². The number of methoxy groups -OCH3 is 1. The summed E-state index contributed by atoms with van der Waals surface area (Å²) in [5.74, 6) is 1.04. The Morgan fingerprint density at radius 1 is 1.23 bits per heavy atom. The number of benzene rings is 1. The van der Waals surface area contributed by atoms with Crippen molar-refractivity contribution in [3.8, 4) is 0 Å². The van der Waals surface area contributed by atoms with Crippen molar-refractivity contribution in [2.45, 2.75) is 12.8 Å². The number of rotatable bonds is 4. The Hall–Kier alpha value is -2.69. The summed E-state index contributed by atoms with van der Waals surface area (Å²) in [5.41, 5.74) is 1.85. The van der Waals surface area contributed by atoms with E-state index in [2.05, 4.69) is 9.97 Å². The molecule has 2 aromatic rings. The lowest BCUT2D eigenvalue weighted by Crippen LogP contribution is -2.02. The molecule has 0 fully saturated rings. The van der Waals surface area contributed by atoms with Crippen LogP contribution in [0.3, 0.4) is 0 Å². The zero-order chi connectivity index (χ0) is 15.5. The fraction of sp³-hybridized carbons (Fsp3) is 0.176. The molecule has 1 aliphatic carbocycles. The number of nitrogens with zero attached hydrogens (tertiary/aromatic N) is 1. The summed E-state index contributed by atoms with van der Waals surface area (Å²) < 4.78 is 18.1. The van der Waals surface area contributed by atoms with E-state index >= 15 is 0 Å². The number of H-pyrrole nitrogens is 1. The van der Waals surface area contributed by atoms with Gasteiger partial charge in [0.2, 0.25) is 5.78 Å². The Morgan fingerprint density at radius 3 is 2.64 bits per heavy atom. The van der Waals surface area contributed by atoms with E-state index < -0.39 is 0 Å². The molecule has 4 nitrogen and oxygen atoms in total. The zero-order valence-corrected chi connectivity index (χ0v) is 12.1. The second-order valence-corrected chi connectivity index (χ2v) is 5.01. The summed E-state index contributed by atoms with van der Waals surface area (Å²) >= 11 is 0. The lowest BCUT2D eigenvalue weighted by Gasteiger charge is -2.11. The standard InChI is InChI=1S/C17H15FN2O2/c1-22-14-8-4-12(5-9-14)17-19-10-15(20-17)16(21)11-2-6-13(18)7-3-11/h2-4,6-8,10H,5,9H2,1H3,(H,19,20). The van der Waals surface area contributed by atoms with Gasteiger partial charge in [-0.15, -0.1) is 0 Å². The van der Waals surface area contributed by atoms with E-state index in [0.717, 1.165) is 24.2 Å². The van der Waals surface area contributed by atoms with Crippen LogP contribution in [0.25, 0.3) is 5.57 Å². The summed E-state index contributed by atoms with van der Waals surface area (Å²) in [6.07, 6.45) is 6.97. The van der Waals surface area contributed by atoms with Crippen LogP contribution in [0.5, 0.6) is 0 Å². The molecule has 0 bridgehead atoms. The Balaban J connectivity index is 1.82. The van der Waals surface area contributed by atoms with Crippen LogP contribution in [0.2, 0.25) is 0 Å². The van der Waals surface area contributed by atoms with Crippen molar-refractivity contribution in [3.05, 3.63) is 71.3 Å². The molecule has 1 aromatic heterocycles. The van der Waals surface area contributed by atoms with E-state index in [9.17, 15) is 9.18 Å². The maximum absolute atomic E-state index is 12.9. The fourth-order valence-corrected chi connectivity index (χ4v) is 2.34. The molecule has 0 amide bonds. The average molecular weight is 298 g/mol. The summed E-state index contributed by atoms with van der Waals surface area (Å²) in [7, 11) is 1.65. The molecule has 1 aromatic carbocycles. The van der Waals surface area contributed by atoms with Gasteiger partial charge in [0.05, 0.1) is 19.1 Å². The van der Waals surface area contributed by atoms with E-state index in [4.69, 9.17) is 4.74 Å². The fourth-order valence-electron chi connectivity index (χ4n) is 2.34. The van der Waals surface area contributed by atoms with Gasteiger partial charge in [-0.2, -0.15) is 0 Å². The number of allylic oxidation sites excluding steroid dienone is 4. The number of hydrogen-bond acceptors (Lipinski definition) is 3. The number of carbonyl (C=O) groups is 1. The van der Waals surface area contributed by atoms with Crippen LogP contribution in [0.15, 0.2) is 48.4 Å². The van der Waals surface area contributed by atoms with Gasteiger partial charge in [-0.05, 0) is 42.3 Å². The Morgan fingerprint density at radius 2 is 2.00 bits per heavy atom. The Labute approximate surface area is 127 Å². The molecule has 0 saturated heterocycles. The van der Waals surface area contributed by atoms with E-state index in [-0.39, 0.29) is 11.6 Å². The first-order valence-corrected chi connectivity index (χ1v) is 6.97. The third-order valence-electron chi connectivity index (χ3n) is 3.60. The molecule has 0 aliphatic heterocycles. The minimum absolute atomic E-state index is 0.205. The molecule has 112 valence electrons. The second kappa shape index (κ2) is 5.97. The molecular weight excluding hydrogens is 283 g/mol. The highest BCUT2D eigenvalue weighted by molar-refractivity contribution is 6.07. The maximum atomic E-state index is 12.9. The first-order valence-electron chi connectivity index (χ1n) is 6.97. The van der Waals surface area contributed by atoms with Gasteiger partial charge in [-0.3, -0.25) is 4.79 Å². The highest BCUT2D eigenvalue weighted by Crippen LogP contribution is 2.25. The van der Waals surface area contributed by atoms with Crippen LogP contribution in [0, 0.1) is 5.82 Å². The topological polar surface area (TPSA) is 55.0 Å². The molecule has 3 rings (SSSR count).